The van der Waals surface area contributed by atoms with Crippen LogP contribution >= 0.6 is 0 Å². The summed E-state index contributed by atoms with van der Waals surface area (Å²) in [4.78, 5) is 11.4. The van der Waals surface area contributed by atoms with Crippen LogP contribution in [0.5, 0.6) is 0 Å². The van der Waals surface area contributed by atoms with Crippen molar-refractivity contribution in [2.24, 2.45) is 0 Å². The topological polar surface area (TPSA) is 46.5 Å². The van der Waals surface area contributed by atoms with E-state index in [1.165, 1.54) is 0 Å². The van der Waals surface area contributed by atoms with E-state index in [2.05, 4.69) is 0 Å². The number of benzene rings is 1. The zero-order valence-electron chi connectivity index (χ0n) is 8.85. The first kappa shape index (κ1) is 16.3. The van der Waals surface area contributed by atoms with Crippen LogP contribution in [0.3, 0.4) is 0 Å². The minimum atomic E-state index is -0.988. The number of esters is 1. The number of carbonyl (C=O) groups is 1. The maximum atomic E-state index is 11.4. The number of unbranched alkanes of at least 4 members (excludes halogenated alkanes) is 1. The Morgan fingerprint density at radius 3 is 2.56 bits per heavy atom. The Hall–Kier alpha value is 0.286. The summed E-state index contributed by atoms with van der Waals surface area (Å²) < 4.78 is 4.86. The molecule has 0 aliphatic rings. The van der Waals surface area contributed by atoms with Gasteiger partial charge in [-0.25, -0.2) is 4.79 Å². The zero-order chi connectivity index (χ0) is 11.1. The van der Waals surface area contributed by atoms with E-state index in [1.807, 2.05) is 13.0 Å². The average molecular weight is 248 g/mol. The average Bonchev–Trinajstić information content (AvgIpc) is 2.27. The molecule has 1 aromatic rings. The van der Waals surface area contributed by atoms with Crippen LogP contribution in [0.25, 0.3) is 0 Å². The molecule has 1 aromatic carbocycles. The molecule has 0 saturated carbocycles. The van der Waals surface area contributed by atoms with Crippen molar-refractivity contribution in [3.05, 3.63) is 35.9 Å². The molecule has 0 saturated heterocycles. The van der Waals surface area contributed by atoms with Crippen LogP contribution < -0.4 is 0 Å². The van der Waals surface area contributed by atoms with E-state index in [4.69, 9.17) is 4.74 Å². The van der Waals surface area contributed by atoms with Crippen LogP contribution in [-0.4, -0.2) is 68.8 Å². The van der Waals surface area contributed by atoms with Gasteiger partial charge >= 0.3 is 57.4 Å². The standard InChI is InChI=1S/C12H16O3.K.H/c1-2-3-9-11(13)15-12(14)10-7-5-4-6-8-10;;/h4-8,11,13H,2-3,9H2,1H3;;. The Kier molecular flexibility index (Phi) is 9.50. The van der Waals surface area contributed by atoms with E-state index < -0.39 is 12.3 Å². The van der Waals surface area contributed by atoms with Gasteiger partial charge in [0.05, 0.1) is 5.56 Å². The van der Waals surface area contributed by atoms with Crippen LogP contribution in [0.2, 0.25) is 0 Å². The summed E-state index contributed by atoms with van der Waals surface area (Å²) in [5, 5.41) is 9.37. The molecule has 16 heavy (non-hydrogen) atoms. The van der Waals surface area contributed by atoms with E-state index in [0.29, 0.717) is 12.0 Å². The fraction of sp³-hybridized carbons (Fsp3) is 0.417. The van der Waals surface area contributed by atoms with Gasteiger partial charge < -0.3 is 9.84 Å². The number of aliphatic hydroxyl groups is 1. The fourth-order valence-electron chi connectivity index (χ4n) is 1.20. The molecule has 1 unspecified atom stereocenters. The molecular formula is C12H17KO3. The van der Waals surface area contributed by atoms with Crippen LogP contribution in [-0.2, 0) is 4.74 Å². The number of ether oxygens (including phenoxy) is 1. The number of carbonyl (C=O) groups excluding carboxylic acids is 1. The Balaban J connectivity index is 0.00000225. The van der Waals surface area contributed by atoms with Crippen molar-refractivity contribution in [3.63, 3.8) is 0 Å². The molecule has 0 aromatic heterocycles. The van der Waals surface area contributed by atoms with Crippen LogP contribution in [0.1, 0.15) is 36.5 Å². The van der Waals surface area contributed by atoms with Gasteiger partial charge in [0.2, 0.25) is 6.29 Å². The van der Waals surface area contributed by atoms with Crippen LogP contribution in [0.4, 0.5) is 0 Å². The maximum absolute atomic E-state index is 11.4. The molecule has 1 rings (SSSR count). The molecule has 1 N–H and O–H groups in total. The predicted octanol–water partition coefficient (Wildman–Crippen LogP) is 1.70. The molecule has 0 fully saturated rings. The third kappa shape index (κ3) is 6.13. The first-order valence-electron chi connectivity index (χ1n) is 5.18. The molecule has 4 heteroatoms. The molecule has 84 valence electrons. The van der Waals surface area contributed by atoms with Crippen LogP contribution in [0, 0.1) is 0 Å². The molecule has 0 heterocycles. The first-order valence-corrected chi connectivity index (χ1v) is 5.18. The quantitative estimate of drug-likeness (QED) is 0.490. The van der Waals surface area contributed by atoms with Crippen molar-refractivity contribution in [2.45, 2.75) is 32.5 Å². The van der Waals surface area contributed by atoms with Gasteiger partial charge in [-0.15, -0.1) is 0 Å². The normalized spacial score (nSPS) is 11.4. The van der Waals surface area contributed by atoms with Gasteiger partial charge in [-0.1, -0.05) is 31.5 Å². The summed E-state index contributed by atoms with van der Waals surface area (Å²) in [5.41, 5.74) is 0.466. The Bertz CT molecular complexity index is 300. The Morgan fingerprint density at radius 1 is 1.38 bits per heavy atom. The first-order chi connectivity index (χ1) is 7.24. The van der Waals surface area contributed by atoms with Gasteiger partial charge in [0.25, 0.3) is 0 Å². The second-order valence-corrected chi connectivity index (χ2v) is 3.37. The van der Waals surface area contributed by atoms with Gasteiger partial charge in [-0.05, 0) is 18.6 Å². The van der Waals surface area contributed by atoms with E-state index >= 15 is 0 Å². The predicted molar refractivity (Wildman–Crippen MR) is 64.5 cm³/mol. The molecule has 0 radical (unpaired) electrons. The second-order valence-electron chi connectivity index (χ2n) is 3.37. The number of rotatable bonds is 5. The minimum absolute atomic E-state index is 0. The van der Waals surface area contributed by atoms with Gasteiger partial charge in [-0.3, -0.25) is 0 Å². The summed E-state index contributed by atoms with van der Waals surface area (Å²) in [6.07, 6.45) is 1.33. The van der Waals surface area contributed by atoms with E-state index in [1.54, 1.807) is 24.3 Å². The molecular weight excluding hydrogens is 231 g/mol. The molecule has 0 bridgehead atoms. The van der Waals surface area contributed by atoms with E-state index in [9.17, 15) is 9.90 Å². The number of hydrogen-bond donors (Lipinski definition) is 1. The number of hydrogen-bond acceptors (Lipinski definition) is 3. The van der Waals surface area contributed by atoms with Crippen molar-refractivity contribution in [1.29, 1.82) is 0 Å². The molecule has 0 aliphatic carbocycles. The fourth-order valence-corrected chi connectivity index (χ4v) is 1.20. The van der Waals surface area contributed by atoms with Gasteiger partial charge in [0, 0.05) is 6.42 Å². The molecule has 0 spiro atoms. The molecule has 3 nitrogen and oxygen atoms in total. The summed E-state index contributed by atoms with van der Waals surface area (Å²) in [5.74, 6) is -0.473. The zero-order valence-corrected chi connectivity index (χ0v) is 8.85. The monoisotopic (exact) mass is 248 g/mol. The summed E-state index contributed by atoms with van der Waals surface area (Å²) >= 11 is 0. The third-order valence-electron chi connectivity index (χ3n) is 2.06. The molecule has 1 atom stereocenters. The number of aliphatic hydroxyl groups excluding tert-OH is 1. The third-order valence-corrected chi connectivity index (χ3v) is 2.06. The van der Waals surface area contributed by atoms with Gasteiger partial charge in [0.1, 0.15) is 0 Å². The molecule has 0 aliphatic heterocycles. The molecule has 0 amide bonds. The second kappa shape index (κ2) is 9.33. The summed E-state index contributed by atoms with van der Waals surface area (Å²) in [7, 11) is 0. The van der Waals surface area contributed by atoms with Crippen molar-refractivity contribution in [3.8, 4) is 0 Å². The van der Waals surface area contributed by atoms with Crippen LogP contribution in [0.15, 0.2) is 30.3 Å². The Morgan fingerprint density at radius 2 is 2.00 bits per heavy atom. The summed E-state index contributed by atoms with van der Waals surface area (Å²) in [6.45, 7) is 2.02. The van der Waals surface area contributed by atoms with Gasteiger partial charge in [-0.2, -0.15) is 0 Å². The van der Waals surface area contributed by atoms with Gasteiger partial charge in [0.15, 0.2) is 0 Å². The van der Waals surface area contributed by atoms with E-state index in [0.717, 1.165) is 12.8 Å². The van der Waals surface area contributed by atoms with Crippen molar-refractivity contribution in [2.75, 3.05) is 0 Å². The summed E-state index contributed by atoms with van der Waals surface area (Å²) in [6, 6.07) is 8.66. The van der Waals surface area contributed by atoms with Crippen molar-refractivity contribution in [1.82, 2.24) is 0 Å². The van der Waals surface area contributed by atoms with E-state index in [-0.39, 0.29) is 51.4 Å². The van der Waals surface area contributed by atoms with Crippen molar-refractivity contribution >= 4 is 57.4 Å². The van der Waals surface area contributed by atoms with Crippen molar-refractivity contribution < 1.29 is 14.6 Å². The SMILES string of the molecule is CCCCC(O)OC(=O)c1ccccc1.[KH]. The Labute approximate surface area is 139 Å².